The quantitative estimate of drug-likeness (QED) is 0.499. The van der Waals surface area contributed by atoms with Gasteiger partial charge in [0.05, 0.1) is 7.11 Å². The molecule has 5 nitrogen and oxygen atoms in total. The van der Waals surface area contributed by atoms with Crippen molar-refractivity contribution < 1.29 is 14.3 Å². The summed E-state index contributed by atoms with van der Waals surface area (Å²) >= 11 is 0. The van der Waals surface area contributed by atoms with Crippen molar-refractivity contribution >= 4 is 11.8 Å². The average Bonchev–Trinajstić information content (AvgIpc) is 3.11. The van der Waals surface area contributed by atoms with Crippen molar-refractivity contribution in [2.24, 2.45) is 5.41 Å². The van der Waals surface area contributed by atoms with Crippen LogP contribution in [0.25, 0.3) is 0 Å². The molecule has 1 aromatic rings. The van der Waals surface area contributed by atoms with Gasteiger partial charge >= 0.3 is 0 Å². The fourth-order valence-corrected chi connectivity index (χ4v) is 5.84. The highest BCUT2D eigenvalue weighted by atomic mass is 16.5. The van der Waals surface area contributed by atoms with Crippen molar-refractivity contribution in [3.8, 4) is 5.75 Å². The first-order valence-corrected chi connectivity index (χ1v) is 11.6. The van der Waals surface area contributed by atoms with Gasteiger partial charge in [-0.3, -0.25) is 19.4 Å². The molecule has 0 unspecified atom stereocenters. The van der Waals surface area contributed by atoms with E-state index in [4.69, 9.17) is 4.74 Å². The minimum atomic E-state index is -0.181. The summed E-state index contributed by atoms with van der Waals surface area (Å²) in [6.07, 6.45) is 7.65. The fourth-order valence-electron chi connectivity index (χ4n) is 5.84. The third kappa shape index (κ3) is 4.27. The minimum absolute atomic E-state index is 0.00920. The number of imide groups is 1. The van der Waals surface area contributed by atoms with Gasteiger partial charge < -0.3 is 4.74 Å². The summed E-state index contributed by atoms with van der Waals surface area (Å²) in [6.45, 7) is 6.89. The van der Waals surface area contributed by atoms with Gasteiger partial charge in [-0.2, -0.15) is 0 Å². The largest absolute Gasteiger partial charge is 0.496 e. The number of ether oxygens (including phenoxy) is 1. The van der Waals surface area contributed by atoms with E-state index in [1.807, 2.05) is 13.8 Å². The molecule has 2 heterocycles. The standard InChI is InChI=1S/C25H36N2O3/c1-25(2)16-23(28)27(24(29)17-25)14-6-4-5-13-26-15-12-19-18-8-7-9-22(30-3)20(18)10-11-21(19)26/h7-9,19,21H,4-6,10-17H2,1-3H3/t19-,21+/m1/s1. The Bertz CT molecular complexity index is 784. The van der Waals surface area contributed by atoms with Gasteiger partial charge in [0, 0.05) is 31.3 Å². The lowest BCUT2D eigenvalue weighted by molar-refractivity contribution is -0.152. The summed E-state index contributed by atoms with van der Waals surface area (Å²) in [5.41, 5.74) is 2.74. The molecule has 2 amide bonds. The Balaban J connectivity index is 1.23. The first kappa shape index (κ1) is 21.4. The van der Waals surface area contributed by atoms with Crippen molar-refractivity contribution in [3.63, 3.8) is 0 Å². The molecule has 3 aliphatic rings. The number of hydrogen-bond donors (Lipinski definition) is 0. The van der Waals surface area contributed by atoms with Crippen molar-refractivity contribution in [1.82, 2.24) is 9.80 Å². The molecule has 0 bridgehead atoms. The lowest BCUT2D eigenvalue weighted by atomic mass is 9.79. The molecule has 164 valence electrons. The fraction of sp³-hybridized carbons (Fsp3) is 0.680. The molecule has 0 spiro atoms. The maximum atomic E-state index is 12.3. The maximum absolute atomic E-state index is 12.3. The van der Waals surface area contributed by atoms with E-state index in [1.54, 1.807) is 7.11 Å². The lowest BCUT2D eigenvalue weighted by Gasteiger charge is -2.35. The summed E-state index contributed by atoms with van der Waals surface area (Å²) in [6, 6.07) is 7.17. The number of amides is 2. The van der Waals surface area contributed by atoms with Crippen molar-refractivity contribution in [2.45, 2.75) is 77.2 Å². The molecule has 30 heavy (non-hydrogen) atoms. The van der Waals surface area contributed by atoms with Crippen LogP contribution in [0.15, 0.2) is 18.2 Å². The Morgan fingerprint density at radius 2 is 1.77 bits per heavy atom. The van der Waals surface area contributed by atoms with Crippen LogP contribution in [0.2, 0.25) is 0 Å². The lowest BCUT2D eigenvalue weighted by Crippen LogP contribution is -2.46. The van der Waals surface area contributed by atoms with Gasteiger partial charge in [-0.15, -0.1) is 0 Å². The minimum Gasteiger partial charge on any atom is -0.496 e. The zero-order valence-corrected chi connectivity index (χ0v) is 18.8. The van der Waals surface area contributed by atoms with E-state index in [0.717, 1.165) is 38.0 Å². The molecule has 2 saturated heterocycles. The van der Waals surface area contributed by atoms with Gasteiger partial charge in [0.15, 0.2) is 0 Å². The Hall–Kier alpha value is -1.88. The number of likely N-dealkylation sites (tertiary alicyclic amines) is 2. The van der Waals surface area contributed by atoms with Crippen LogP contribution in [0.5, 0.6) is 5.75 Å². The van der Waals surface area contributed by atoms with E-state index in [1.165, 1.54) is 35.4 Å². The van der Waals surface area contributed by atoms with E-state index in [2.05, 4.69) is 23.1 Å². The number of methoxy groups -OCH3 is 1. The number of nitrogens with zero attached hydrogens (tertiary/aromatic N) is 2. The SMILES string of the molecule is COc1cccc2c1CC[C@H]1[C@@H]2CCN1CCCCCN1C(=O)CC(C)(C)CC1=O. The van der Waals surface area contributed by atoms with Crippen LogP contribution < -0.4 is 4.74 Å². The number of unbranched alkanes of at least 4 members (excludes halogenated alkanes) is 2. The molecule has 0 radical (unpaired) electrons. The van der Waals surface area contributed by atoms with Crippen molar-refractivity contribution in [1.29, 1.82) is 0 Å². The second-order valence-electron chi connectivity index (χ2n) is 10.1. The van der Waals surface area contributed by atoms with E-state index in [-0.39, 0.29) is 17.2 Å². The first-order valence-electron chi connectivity index (χ1n) is 11.6. The molecule has 2 atom stereocenters. The van der Waals surface area contributed by atoms with Gasteiger partial charge in [-0.05, 0) is 67.8 Å². The zero-order valence-electron chi connectivity index (χ0n) is 18.8. The zero-order chi connectivity index (χ0) is 21.3. The second kappa shape index (κ2) is 8.70. The molecular weight excluding hydrogens is 376 g/mol. The summed E-state index contributed by atoms with van der Waals surface area (Å²) < 4.78 is 5.59. The Morgan fingerprint density at radius 3 is 2.50 bits per heavy atom. The molecule has 0 saturated carbocycles. The number of fused-ring (bicyclic) bond motifs is 3. The Kier molecular flexibility index (Phi) is 6.19. The first-order chi connectivity index (χ1) is 14.4. The van der Waals surface area contributed by atoms with E-state index >= 15 is 0 Å². The van der Waals surface area contributed by atoms with Gasteiger partial charge in [0.2, 0.25) is 11.8 Å². The van der Waals surface area contributed by atoms with E-state index in [9.17, 15) is 9.59 Å². The normalized spacial score (nSPS) is 25.9. The van der Waals surface area contributed by atoms with E-state index in [0.29, 0.717) is 31.3 Å². The summed E-state index contributed by atoms with van der Waals surface area (Å²) in [4.78, 5) is 28.7. The highest BCUT2D eigenvalue weighted by Crippen LogP contribution is 2.44. The highest BCUT2D eigenvalue weighted by Gasteiger charge is 2.39. The molecule has 1 aliphatic carbocycles. The third-order valence-corrected chi connectivity index (χ3v) is 7.33. The predicted octanol–water partition coefficient (Wildman–Crippen LogP) is 4.14. The van der Waals surface area contributed by atoms with Crippen molar-refractivity contribution in [2.75, 3.05) is 26.7 Å². The van der Waals surface area contributed by atoms with Crippen LogP contribution in [0.1, 0.15) is 75.8 Å². The van der Waals surface area contributed by atoms with Gasteiger partial charge in [-0.25, -0.2) is 0 Å². The predicted molar refractivity (Wildman–Crippen MR) is 118 cm³/mol. The van der Waals surface area contributed by atoms with Crippen LogP contribution in [-0.4, -0.2) is 54.4 Å². The average molecular weight is 413 g/mol. The number of rotatable bonds is 7. The van der Waals surface area contributed by atoms with Crippen LogP contribution in [0.4, 0.5) is 0 Å². The second-order valence-corrected chi connectivity index (χ2v) is 10.1. The van der Waals surface area contributed by atoms with Crippen LogP contribution >= 0.6 is 0 Å². The maximum Gasteiger partial charge on any atom is 0.229 e. The number of carbonyl (C=O) groups is 2. The molecule has 0 N–H and O–H groups in total. The molecular formula is C25H36N2O3. The van der Waals surface area contributed by atoms with Crippen LogP contribution in [0, 0.1) is 5.41 Å². The van der Waals surface area contributed by atoms with Crippen LogP contribution in [0.3, 0.4) is 0 Å². The number of piperidine rings is 1. The van der Waals surface area contributed by atoms with Crippen LogP contribution in [-0.2, 0) is 16.0 Å². The highest BCUT2D eigenvalue weighted by molar-refractivity contribution is 5.98. The Morgan fingerprint density at radius 1 is 1.03 bits per heavy atom. The van der Waals surface area contributed by atoms with E-state index < -0.39 is 0 Å². The Labute approximate surface area is 180 Å². The number of hydrogen-bond acceptors (Lipinski definition) is 4. The molecule has 2 fully saturated rings. The van der Waals surface area contributed by atoms with Gasteiger partial charge in [0.25, 0.3) is 0 Å². The summed E-state index contributed by atoms with van der Waals surface area (Å²) in [5, 5.41) is 0. The molecule has 4 rings (SSSR count). The molecule has 1 aromatic carbocycles. The summed E-state index contributed by atoms with van der Waals surface area (Å²) in [5.74, 6) is 1.70. The topological polar surface area (TPSA) is 49.9 Å². The third-order valence-electron chi connectivity index (χ3n) is 7.33. The van der Waals surface area contributed by atoms with Gasteiger partial charge in [0.1, 0.15) is 5.75 Å². The number of carbonyl (C=O) groups excluding carboxylic acids is 2. The van der Waals surface area contributed by atoms with Crippen molar-refractivity contribution in [3.05, 3.63) is 29.3 Å². The summed E-state index contributed by atoms with van der Waals surface area (Å²) in [7, 11) is 1.77. The number of benzene rings is 1. The van der Waals surface area contributed by atoms with Gasteiger partial charge in [-0.1, -0.05) is 32.4 Å². The monoisotopic (exact) mass is 412 g/mol. The molecule has 0 aromatic heterocycles. The molecule has 5 heteroatoms. The molecule has 2 aliphatic heterocycles. The smallest absolute Gasteiger partial charge is 0.229 e.